The van der Waals surface area contributed by atoms with E-state index in [1.165, 1.54) is 35.5 Å². The van der Waals surface area contributed by atoms with E-state index in [0.717, 1.165) is 23.7 Å². The number of nitrogens with one attached hydrogen (secondary N) is 2. The topological polar surface area (TPSA) is 124 Å². The maximum Gasteiger partial charge on any atom is 0.341 e. The Labute approximate surface area is 195 Å². The van der Waals surface area contributed by atoms with Gasteiger partial charge in [0.15, 0.2) is 23.3 Å². The Balaban J connectivity index is 1.54. The van der Waals surface area contributed by atoms with Crippen LogP contribution >= 0.6 is 11.5 Å². The van der Waals surface area contributed by atoms with Crippen LogP contribution in [-0.4, -0.2) is 42.6 Å². The first kappa shape index (κ1) is 22.9. The summed E-state index contributed by atoms with van der Waals surface area (Å²) in [5.74, 6) is -2.56. The lowest BCUT2D eigenvalue weighted by atomic mass is 10.2. The quantitative estimate of drug-likeness (QED) is 0.378. The number of benzene rings is 1. The number of anilines is 3. The Morgan fingerprint density at radius 2 is 2.00 bits per heavy atom. The van der Waals surface area contributed by atoms with E-state index in [2.05, 4.69) is 30.1 Å². The van der Waals surface area contributed by atoms with Gasteiger partial charge in [-0.05, 0) is 37.5 Å². The number of nitrogens with zero attached hydrogens (tertiary/aromatic N) is 5. The standard InChI is InChI=1S/C21H17F2N7O3S/c1-3-33-21(32)12-7-25-30(10-12)17-9-24-8-16(27-17)28-20-18(11(2)29-34-20)19(31)26-13-4-5-14(22)15(23)6-13/h4-10H,3H2,1-2H3,(H,26,31)(H,27,28). The predicted octanol–water partition coefficient (Wildman–Crippen LogP) is 3.88. The number of amides is 1. The van der Waals surface area contributed by atoms with Gasteiger partial charge in [0, 0.05) is 18.0 Å². The van der Waals surface area contributed by atoms with Crippen molar-refractivity contribution in [3.63, 3.8) is 0 Å². The summed E-state index contributed by atoms with van der Waals surface area (Å²) in [5, 5.41) is 10.00. The lowest BCUT2D eigenvalue weighted by Gasteiger charge is -2.09. The number of halogens is 2. The van der Waals surface area contributed by atoms with Crippen molar-refractivity contribution in [2.24, 2.45) is 0 Å². The lowest BCUT2D eigenvalue weighted by molar-refractivity contribution is 0.0526. The van der Waals surface area contributed by atoms with E-state index >= 15 is 0 Å². The number of aryl methyl sites for hydroxylation is 1. The van der Waals surface area contributed by atoms with Crippen molar-refractivity contribution in [1.29, 1.82) is 0 Å². The molecule has 3 aromatic heterocycles. The maximum atomic E-state index is 13.5. The third kappa shape index (κ3) is 4.88. The molecule has 1 amide bonds. The van der Waals surface area contributed by atoms with Gasteiger partial charge in [0.2, 0.25) is 0 Å². The summed E-state index contributed by atoms with van der Waals surface area (Å²) in [6.07, 6.45) is 5.70. The second-order valence-electron chi connectivity index (χ2n) is 6.84. The molecule has 13 heteroatoms. The summed E-state index contributed by atoms with van der Waals surface area (Å²) in [6, 6.07) is 3.06. The molecule has 4 rings (SSSR count). The highest BCUT2D eigenvalue weighted by Crippen LogP contribution is 2.28. The third-order valence-corrected chi connectivity index (χ3v) is 5.31. The third-order valence-electron chi connectivity index (χ3n) is 4.46. The van der Waals surface area contributed by atoms with E-state index in [1.54, 1.807) is 13.8 Å². The summed E-state index contributed by atoms with van der Waals surface area (Å²) in [6.45, 7) is 3.59. The first-order chi connectivity index (χ1) is 16.4. The van der Waals surface area contributed by atoms with Gasteiger partial charge in [0.25, 0.3) is 5.91 Å². The zero-order valence-electron chi connectivity index (χ0n) is 17.9. The van der Waals surface area contributed by atoms with Gasteiger partial charge < -0.3 is 15.4 Å². The van der Waals surface area contributed by atoms with Gasteiger partial charge in [0.05, 0.1) is 42.0 Å². The van der Waals surface area contributed by atoms with Crippen LogP contribution in [0.5, 0.6) is 0 Å². The Hall–Kier alpha value is -4.26. The van der Waals surface area contributed by atoms with Gasteiger partial charge in [-0.3, -0.25) is 9.78 Å². The van der Waals surface area contributed by atoms with E-state index in [4.69, 9.17) is 4.74 Å². The summed E-state index contributed by atoms with van der Waals surface area (Å²) in [5.41, 5.74) is 1.00. The van der Waals surface area contributed by atoms with E-state index in [1.807, 2.05) is 0 Å². The molecule has 3 heterocycles. The SMILES string of the molecule is CCOC(=O)c1cnn(-c2cncc(Nc3snc(C)c3C(=O)Nc3ccc(F)c(F)c3)n2)c1. The second-order valence-corrected chi connectivity index (χ2v) is 7.61. The molecule has 0 saturated heterocycles. The molecule has 0 fully saturated rings. The Bertz CT molecular complexity index is 1370. The minimum absolute atomic E-state index is 0.0957. The molecule has 10 nitrogen and oxygen atoms in total. The molecule has 0 radical (unpaired) electrons. The fraction of sp³-hybridized carbons (Fsp3) is 0.143. The molecule has 0 spiro atoms. The average Bonchev–Trinajstić information content (AvgIpc) is 3.44. The highest BCUT2D eigenvalue weighted by Gasteiger charge is 2.20. The molecule has 0 bridgehead atoms. The van der Waals surface area contributed by atoms with Crippen LogP contribution in [0.15, 0.2) is 43.0 Å². The van der Waals surface area contributed by atoms with Crippen LogP contribution in [0.4, 0.5) is 25.3 Å². The second kappa shape index (κ2) is 9.70. The molecular weight excluding hydrogens is 468 g/mol. The number of esters is 1. The van der Waals surface area contributed by atoms with Gasteiger partial charge in [-0.15, -0.1) is 0 Å². The van der Waals surface area contributed by atoms with Crippen LogP contribution in [0, 0.1) is 18.6 Å². The van der Waals surface area contributed by atoms with Crippen molar-refractivity contribution < 1.29 is 23.1 Å². The average molecular weight is 485 g/mol. The molecule has 0 aliphatic rings. The molecule has 4 aromatic rings. The Morgan fingerprint density at radius 1 is 1.18 bits per heavy atom. The number of carbonyl (C=O) groups excluding carboxylic acids is 2. The Kier molecular flexibility index (Phi) is 6.54. The number of carbonyl (C=O) groups is 2. The van der Waals surface area contributed by atoms with E-state index in [9.17, 15) is 18.4 Å². The van der Waals surface area contributed by atoms with Crippen LogP contribution in [0.25, 0.3) is 5.82 Å². The molecule has 0 aliphatic carbocycles. The van der Waals surface area contributed by atoms with Gasteiger partial charge in [-0.1, -0.05) is 0 Å². The zero-order chi connectivity index (χ0) is 24.2. The van der Waals surface area contributed by atoms with Crippen molar-refractivity contribution in [3.8, 4) is 5.82 Å². The first-order valence-electron chi connectivity index (χ1n) is 9.89. The molecule has 0 atom stereocenters. The lowest BCUT2D eigenvalue weighted by Crippen LogP contribution is -2.14. The zero-order valence-corrected chi connectivity index (χ0v) is 18.7. The van der Waals surface area contributed by atoms with Crippen molar-refractivity contribution in [1.82, 2.24) is 24.1 Å². The summed E-state index contributed by atoms with van der Waals surface area (Å²) < 4.78 is 37.2. The molecule has 0 unspecified atom stereocenters. The van der Waals surface area contributed by atoms with Crippen molar-refractivity contribution in [3.05, 3.63) is 71.4 Å². The maximum absolute atomic E-state index is 13.5. The number of hydrogen-bond acceptors (Lipinski definition) is 9. The van der Waals surface area contributed by atoms with Gasteiger partial charge in [-0.2, -0.15) is 9.47 Å². The van der Waals surface area contributed by atoms with Gasteiger partial charge in [-0.25, -0.2) is 23.2 Å². The van der Waals surface area contributed by atoms with E-state index in [-0.39, 0.29) is 29.2 Å². The first-order valence-corrected chi connectivity index (χ1v) is 10.7. The largest absolute Gasteiger partial charge is 0.462 e. The number of ether oxygens (including phenoxy) is 1. The molecule has 1 aromatic carbocycles. The van der Waals surface area contributed by atoms with E-state index < -0.39 is 23.5 Å². The van der Waals surface area contributed by atoms with Crippen molar-refractivity contribution in [2.75, 3.05) is 17.2 Å². The van der Waals surface area contributed by atoms with Crippen LogP contribution < -0.4 is 10.6 Å². The van der Waals surface area contributed by atoms with Crippen LogP contribution in [0.2, 0.25) is 0 Å². The highest BCUT2D eigenvalue weighted by atomic mass is 32.1. The van der Waals surface area contributed by atoms with Crippen molar-refractivity contribution in [2.45, 2.75) is 13.8 Å². The summed E-state index contributed by atoms with van der Waals surface area (Å²) in [7, 11) is 0. The molecular formula is C21H17F2N7O3S. The molecule has 0 saturated carbocycles. The predicted molar refractivity (Wildman–Crippen MR) is 120 cm³/mol. The van der Waals surface area contributed by atoms with E-state index in [0.29, 0.717) is 16.5 Å². The van der Waals surface area contributed by atoms with Crippen LogP contribution in [0.3, 0.4) is 0 Å². The number of aromatic nitrogens is 5. The monoisotopic (exact) mass is 485 g/mol. The molecule has 34 heavy (non-hydrogen) atoms. The van der Waals surface area contributed by atoms with Crippen molar-refractivity contribution >= 4 is 39.9 Å². The summed E-state index contributed by atoms with van der Waals surface area (Å²) >= 11 is 1.02. The van der Waals surface area contributed by atoms with Gasteiger partial charge in [0.1, 0.15) is 5.00 Å². The highest BCUT2D eigenvalue weighted by molar-refractivity contribution is 7.10. The fourth-order valence-electron chi connectivity index (χ4n) is 2.90. The fourth-order valence-corrected chi connectivity index (χ4v) is 3.70. The number of rotatable bonds is 7. The minimum atomic E-state index is -1.08. The molecule has 2 N–H and O–H groups in total. The summed E-state index contributed by atoms with van der Waals surface area (Å²) in [4.78, 5) is 33.2. The van der Waals surface area contributed by atoms with Crippen LogP contribution in [-0.2, 0) is 4.74 Å². The Morgan fingerprint density at radius 3 is 2.76 bits per heavy atom. The number of hydrogen-bond donors (Lipinski definition) is 2. The molecule has 174 valence electrons. The normalized spacial score (nSPS) is 10.7. The van der Waals surface area contributed by atoms with Gasteiger partial charge >= 0.3 is 5.97 Å². The smallest absolute Gasteiger partial charge is 0.341 e. The molecule has 0 aliphatic heterocycles. The van der Waals surface area contributed by atoms with Crippen LogP contribution in [0.1, 0.15) is 33.3 Å². The minimum Gasteiger partial charge on any atom is -0.462 e.